The van der Waals surface area contributed by atoms with Crippen molar-refractivity contribution >= 4 is 11.6 Å². The van der Waals surface area contributed by atoms with Gasteiger partial charge in [0.1, 0.15) is 5.15 Å². The van der Waals surface area contributed by atoms with E-state index in [4.69, 9.17) is 16.3 Å². The second-order valence-electron chi connectivity index (χ2n) is 4.15. The lowest BCUT2D eigenvalue weighted by atomic mass is 10.1. The summed E-state index contributed by atoms with van der Waals surface area (Å²) in [5, 5.41) is 4.71. The number of hydrogen-bond donors (Lipinski definition) is 0. The van der Waals surface area contributed by atoms with Crippen molar-refractivity contribution < 1.29 is 4.74 Å². The molecule has 94 valence electrons. The Labute approximate surface area is 110 Å². The molecular weight excluding hydrogens is 252 g/mol. The monoisotopic (exact) mass is 264 g/mol. The highest BCUT2D eigenvalue weighted by molar-refractivity contribution is 6.30. The Hall–Kier alpha value is -1.46. The van der Waals surface area contributed by atoms with Crippen molar-refractivity contribution in [1.82, 2.24) is 19.7 Å². The predicted octanol–water partition coefficient (Wildman–Crippen LogP) is 2.09. The zero-order valence-corrected chi connectivity index (χ0v) is 10.8. The van der Waals surface area contributed by atoms with Crippen molar-refractivity contribution in [3.63, 3.8) is 0 Å². The first-order valence-electron chi connectivity index (χ1n) is 5.93. The van der Waals surface area contributed by atoms with Crippen LogP contribution in [0.15, 0.2) is 12.4 Å². The van der Waals surface area contributed by atoms with Gasteiger partial charge < -0.3 is 4.74 Å². The lowest BCUT2D eigenvalue weighted by Crippen LogP contribution is -2.14. The molecule has 0 amide bonds. The highest BCUT2D eigenvalue weighted by Crippen LogP contribution is 2.25. The van der Waals surface area contributed by atoms with Crippen molar-refractivity contribution in [2.75, 3.05) is 6.61 Å². The first kappa shape index (κ1) is 11.6. The molecule has 3 heterocycles. The molecule has 0 spiro atoms. The van der Waals surface area contributed by atoms with Crippen LogP contribution in [-0.2, 0) is 24.3 Å². The number of fused-ring (bicyclic) bond motifs is 1. The van der Waals surface area contributed by atoms with Crippen LogP contribution in [0.5, 0.6) is 0 Å². The highest BCUT2D eigenvalue weighted by atomic mass is 35.5. The number of hydrogen-bond acceptors (Lipinski definition) is 4. The van der Waals surface area contributed by atoms with E-state index in [0.29, 0.717) is 24.2 Å². The summed E-state index contributed by atoms with van der Waals surface area (Å²) in [7, 11) is 0. The standard InChI is InChI=1S/C12H13ClN4O/c1-2-17-6-8(5-14-17)12-15-10-3-4-18-7-9(10)11(13)16-12/h5-6H,2-4,7H2,1H3. The van der Waals surface area contributed by atoms with E-state index >= 15 is 0 Å². The predicted molar refractivity (Wildman–Crippen MR) is 67.3 cm³/mol. The fraction of sp³-hybridized carbons (Fsp3) is 0.417. The van der Waals surface area contributed by atoms with Gasteiger partial charge in [0.25, 0.3) is 0 Å². The van der Waals surface area contributed by atoms with Crippen molar-refractivity contribution in [3.8, 4) is 11.4 Å². The fourth-order valence-electron chi connectivity index (χ4n) is 1.97. The number of rotatable bonds is 2. The van der Waals surface area contributed by atoms with Crippen LogP contribution in [-0.4, -0.2) is 26.4 Å². The SMILES string of the molecule is CCn1cc(-c2nc(Cl)c3c(n2)CCOC3)cn1. The maximum atomic E-state index is 6.18. The van der Waals surface area contributed by atoms with Crippen LogP contribution in [0.4, 0.5) is 0 Å². The van der Waals surface area contributed by atoms with Gasteiger partial charge >= 0.3 is 0 Å². The lowest BCUT2D eigenvalue weighted by molar-refractivity contribution is 0.109. The zero-order valence-electron chi connectivity index (χ0n) is 10.1. The van der Waals surface area contributed by atoms with E-state index in [9.17, 15) is 0 Å². The molecule has 0 saturated carbocycles. The van der Waals surface area contributed by atoms with Gasteiger partial charge in [-0.05, 0) is 6.92 Å². The van der Waals surface area contributed by atoms with Crippen molar-refractivity contribution in [2.45, 2.75) is 26.5 Å². The molecule has 2 aromatic rings. The molecular formula is C12H13ClN4O. The quantitative estimate of drug-likeness (QED) is 0.780. The molecule has 0 atom stereocenters. The summed E-state index contributed by atoms with van der Waals surface area (Å²) in [6.45, 7) is 4.05. The van der Waals surface area contributed by atoms with Gasteiger partial charge in [-0.2, -0.15) is 5.10 Å². The van der Waals surface area contributed by atoms with Gasteiger partial charge in [0.05, 0.1) is 30.7 Å². The molecule has 0 fully saturated rings. The minimum absolute atomic E-state index is 0.485. The summed E-state index contributed by atoms with van der Waals surface area (Å²) >= 11 is 6.18. The molecule has 6 heteroatoms. The largest absolute Gasteiger partial charge is 0.376 e. The maximum absolute atomic E-state index is 6.18. The van der Waals surface area contributed by atoms with E-state index in [-0.39, 0.29) is 0 Å². The topological polar surface area (TPSA) is 52.8 Å². The van der Waals surface area contributed by atoms with Crippen LogP contribution in [0, 0.1) is 0 Å². The fourth-order valence-corrected chi connectivity index (χ4v) is 2.22. The molecule has 0 bridgehead atoms. The number of nitrogens with zero attached hydrogens (tertiary/aromatic N) is 4. The van der Waals surface area contributed by atoms with Crippen LogP contribution in [0.3, 0.4) is 0 Å². The van der Waals surface area contributed by atoms with Crippen molar-refractivity contribution in [2.24, 2.45) is 0 Å². The Balaban J connectivity index is 2.04. The summed E-state index contributed by atoms with van der Waals surface area (Å²) in [6, 6.07) is 0. The van der Waals surface area contributed by atoms with Gasteiger partial charge in [0.15, 0.2) is 5.82 Å². The third kappa shape index (κ3) is 2.00. The molecule has 0 radical (unpaired) electrons. The second-order valence-corrected chi connectivity index (χ2v) is 4.51. The third-order valence-electron chi connectivity index (χ3n) is 2.99. The van der Waals surface area contributed by atoms with E-state index in [2.05, 4.69) is 15.1 Å². The molecule has 0 N–H and O–H groups in total. The van der Waals surface area contributed by atoms with E-state index in [0.717, 1.165) is 29.8 Å². The molecule has 0 saturated heterocycles. The van der Waals surface area contributed by atoms with E-state index in [1.807, 2.05) is 17.8 Å². The van der Waals surface area contributed by atoms with Gasteiger partial charge in [-0.3, -0.25) is 4.68 Å². The molecule has 5 nitrogen and oxygen atoms in total. The molecule has 0 aromatic carbocycles. The first-order chi connectivity index (χ1) is 8.78. The van der Waals surface area contributed by atoms with Crippen LogP contribution in [0.1, 0.15) is 18.2 Å². The van der Waals surface area contributed by atoms with E-state index < -0.39 is 0 Å². The Kier molecular flexibility index (Phi) is 3.01. The Morgan fingerprint density at radius 3 is 3.11 bits per heavy atom. The Morgan fingerprint density at radius 1 is 1.44 bits per heavy atom. The molecule has 1 aliphatic heterocycles. The minimum atomic E-state index is 0.485. The van der Waals surface area contributed by atoms with Crippen molar-refractivity contribution in [3.05, 3.63) is 28.8 Å². The second kappa shape index (κ2) is 4.66. The molecule has 1 aliphatic rings. The number of halogens is 1. The van der Waals surface area contributed by atoms with E-state index in [1.165, 1.54) is 0 Å². The van der Waals surface area contributed by atoms with Crippen LogP contribution in [0.2, 0.25) is 5.15 Å². The van der Waals surface area contributed by atoms with Crippen LogP contribution in [0.25, 0.3) is 11.4 Å². The van der Waals surface area contributed by atoms with Gasteiger partial charge in [-0.25, -0.2) is 9.97 Å². The third-order valence-corrected chi connectivity index (χ3v) is 3.30. The molecule has 18 heavy (non-hydrogen) atoms. The smallest absolute Gasteiger partial charge is 0.164 e. The molecule has 3 rings (SSSR count). The molecule has 0 unspecified atom stereocenters. The van der Waals surface area contributed by atoms with Crippen molar-refractivity contribution in [1.29, 1.82) is 0 Å². The summed E-state index contributed by atoms with van der Waals surface area (Å²) in [5.41, 5.74) is 2.79. The van der Waals surface area contributed by atoms with Crippen LogP contribution < -0.4 is 0 Å². The zero-order chi connectivity index (χ0) is 12.5. The average Bonchev–Trinajstić information content (AvgIpc) is 2.87. The highest BCUT2D eigenvalue weighted by Gasteiger charge is 2.18. The Morgan fingerprint density at radius 2 is 2.33 bits per heavy atom. The maximum Gasteiger partial charge on any atom is 0.164 e. The molecule has 2 aromatic heterocycles. The van der Waals surface area contributed by atoms with Gasteiger partial charge in [0.2, 0.25) is 0 Å². The van der Waals surface area contributed by atoms with Gasteiger partial charge in [-0.15, -0.1) is 0 Å². The normalized spacial score (nSPS) is 14.6. The Bertz CT molecular complexity index is 581. The summed E-state index contributed by atoms with van der Waals surface area (Å²) in [5.74, 6) is 0.639. The van der Waals surface area contributed by atoms with Gasteiger partial charge in [-0.1, -0.05) is 11.6 Å². The summed E-state index contributed by atoms with van der Waals surface area (Å²) in [6.07, 6.45) is 4.48. The minimum Gasteiger partial charge on any atom is -0.376 e. The lowest BCUT2D eigenvalue weighted by Gasteiger charge is -2.16. The molecule has 0 aliphatic carbocycles. The summed E-state index contributed by atoms with van der Waals surface area (Å²) < 4.78 is 7.21. The van der Waals surface area contributed by atoms with Gasteiger partial charge in [0, 0.05) is 24.7 Å². The number of aryl methyl sites for hydroxylation is 1. The average molecular weight is 265 g/mol. The number of ether oxygens (including phenoxy) is 1. The van der Waals surface area contributed by atoms with Crippen LogP contribution >= 0.6 is 11.6 Å². The number of aromatic nitrogens is 4. The van der Waals surface area contributed by atoms with E-state index in [1.54, 1.807) is 6.20 Å². The first-order valence-corrected chi connectivity index (χ1v) is 6.31. The summed E-state index contributed by atoms with van der Waals surface area (Å²) in [4.78, 5) is 8.89.